The lowest BCUT2D eigenvalue weighted by molar-refractivity contribution is -0.426. The molecule has 2 aromatic rings. The normalized spacial score (nSPS) is 45.1. The second-order valence-electron chi connectivity index (χ2n) is 13.7. The van der Waals surface area contributed by atoms with Crippen molar-refractivity contribution in [2.24, 2.45) is 33.6 Å². The average molecular weight is 541 g/mol. The fourth-order valence-corrected chi connectivity index (χ4v) is 11.0. The van der Waals surface area contributed by atoms with Crippen LogP contribution in [0.2, 0.25) is 0 Å². The number of hydrogen-bond donors (Lipinski definition) is 2. The molecule has 2 saturated heterocycles. The van der Waals surface area contributed by atoms with Gasteiger partial charge in [0.05, 0.1) is 11.8 Å². The molecule has 0 amide bonds. The van der Waals surface area contributed by atoms with Gasteiger partial charge in [0.15, 0.2) is 17.7 Å². The van der Waals surface area contributed by atoms with Crippen molar-refractivity contribution in [2.75, 3.05) is 11.9 Å². The van der Waals surface area contributed by atoms with E-state index in [1.807, 2.05) is 18.3 Å². The third kappa shape index (κ3) is 2.53. The van der Waals surface area contributed by atoms with Crippen LogP contribution >= 0.6 is 0 Å². The van der Waals surface area contributed by atoms with Gasteiger partial charge in [0.1, 0.15) is 24.2 Å². The molecule has 4 saturated carbocycles. The van der Waals surface area contributed by atoms with Gasteiger partial charge in [-0.3, -0.25) is 4.99 Å². The number of ether oxygens (including phenoxy) is 3. The van der Waals surface area contributed by atoms with Crippen LogP contribution in [0.1, 0.15) is 54.8 Å². The monoisotopic (exact) mass is 540 g/mol. The van der Waals surface area contributed by atoms with E-state index in [9.17, 15) is 9.90 Å². The summed E-state index contributed by atoms with van der Waals surface area (Å²) in [4.78, 5) is 26.3. The lowest BCUT2D eigenvalue weighted by Crippen LogP contribution is -2.86. The minimum absolute atomic E-state index is 0.198. The molecule has 1 aromatic heterocycles. The summed E-state index contributed by atoms with van der Waals surface area (Å²) < 4.78 is 19.4. The number of nitrogens with one attached hydrogen (secondary N) is 1. The molecule has 10 rings (SSSR count). The standard InChI is InChI=1S/C31H32N4O5/c36-28(37)26-25-24(39-30(40-25)9-15-3-1-2-4-16(15)10-30)23(38-26)20-5-6-32-22-21(20)34-14-35-27(22)33-13-29-11-18-7-17-8-19(12-29)31(17,18)29/h1-4,6,14,17-20,23-26H,5,7-13H2,(H,36,37)(H,33,34,35). The Bertz CT molecular complexity index is 1460. The van der Waals surface area contributed by atoms with Gasteiger partial charge in [-0.05, 0) is 71.8 Å². The number of aliphatic imine (C=N–C) groups is 1. The van der Waals surface area contributed by atoms with Crippen molar-refractivity contribution in [1.29, 1.82) is 0 Å². The molecule has 7 atom stereocenters. The van der Waals surface area contributed by atoms with Crippen molar-refractivity contribution in [2.45, 2.75) is 81.1 Å². The molecule has 4 heterocycles. The average Bonchev–Trinajstić information content (AvgIpc) is 3.56. The highest BCUT2D eigenvalue weighted by atomic mass is 16.8. The van der Waals surface area contributed by atoms with Gasteiger partial charge in [0.2, 0.25) is 0 Å². The van der Waals surface area contributed by atoms with Gasteiger partial charge < -0.3 is 24.6 Å². The minimum atomic E-state index is -1.09. The maximum Gasteiger partial charge on any atom is 0.335 e. The summed E-state index contributed by atoms with van der Waals surface area (Å²) in [5, 5.41) is 13.8. The lowest BCUT2D eigenvalue weighted by Gasteiger charge is -2.91. The first-order valence-corrected chi connectivity index (χ1v) is 14.9. The number of hydrogen-bond acceptors (Lipinski definition) is 8. The van der Waals surface area contributed by atoms with Crippen LogP contribution in [0.25, 0.3) is 0 Å². The van der Waals surface area contributed by atoms with E-state index >= 15 is 0 Å². The molecule has 3 aliphatic heterocycles. The SMILES string of the molecule is O=C(O)C1OC(C2CC=Nc3c(NCC45CC6CC7CC(C4)C765)ncnc32)C2OC3(Cc4ccccc4C3)OC12. The summed E-state index contributed by atoms with van der Waals surface area (Å²) in [6.45, 7) is 0.950. The number of carboxylic acids is 1. The molecule has 7 unspecified atom stereocenters. The Balaban J connectivity index is 0.934. The predicted octanol–water partition coefficient (Wildman–Crippen LogP) is 3.65. The maximum atomic E-state index is 12.3. The van der Waals surface area contributed by atoms with E-state index in [0.29, 0.717) is 30.1 Å². The third-order valence-electron chi connectivity index (χ3n) is 12.4. The van der Waals surface area contributed by atoms with Crippen molar-refractivity contribution in [3.63, 3.8) is 0 Å². The lowest BCUT2D eigenvalue weighted by atomic mass is 9.13. The van der Waals surface area contributed by atoms with E-state index in [1.54, 1.807) is 6.33 Å². The highest BCUT2D eigenvalue weighted by Gasteiger charge is 2.87. The highest BCUT2D eigenvalue weighted by molar-refractivity contribution is 5.77. The van der Waals surface area contributed by atoms with Crippen LogP contribution < -0.4 is 5.32 Å². The molecule has 9 nitrogen and oxygen atoms in total. The van der Waals surface area contributed by atoms with E-state index in [1.165, 1.54) is 36.8 Å². The molecule has 40 heavy (non-hydrogen) atoms. The molecule has 1 aromatic carbocycles. The topological polar surface area (TPSA) is 115 Å². The van der Waals surface area contributed by atoms with E-state index in [-0.39, 0.29) is 5.92 Å². The molecule has 6 fully saturated rings. The number of rotatable bonds is 5. The molecule has 0 bridgehead atoms. The summed E-state index contributed by atoms with van der Waals surface area (Å²) in [6, 6.07) is 8.23. The second-order valence-corrected chi connectivity index (χ2v) is 13.7. The van der Waals surface area contributed by atoms with E-state index in [4.69, 9.17) is 19.2 Å². The number of carbonyl (C=O) groups is 1. The van der Waals surface area contributed by atoms with Crippen molar-refractivity contribution >= 4 is 23.7 Å². The Morgan fingerprint density at radius 2 is 1.75 bits per heavy atom. The molecule has 0 radical (unpaired) electrons. The summed E-state index contributed by atoms with van der Waals surface area (Å²) in [6.07, 6.45) is 8.16. The largest absolute Gasteiger partial charge is 0.479 e. The number of fused-ring (bicyclic) bond motifs is 3. The van der Waals surface area contributed by atoms with Crippen LogP contribution in [0.15, 0.2) is 35.6 Å². The first kappa shape index (κ1) is 22.8. The van der Waals surface area contributed by atoms with Gasteiger partial charge in [-0.1, -0.05) is 24.3 Å². The molecular weight excluding hydrogens is 508 g/mol. The van der Waals surface area contributed by atoms with Gasteiger partial charge in [-0.25, -0.2) is 14.8 Å². The van der Waals surface area contributed by atoms with E-state index in [0.717, 1.165) is 41.5 Å². The van der Waals surface area contributed by atoms with Gasteiger partial charge in [-0.2, -0.15) is 0 Å². The number of benzene rings is 1. The zero-order valence-electron chi connectivity index (χ0n) is 22.2. The third-order valence-corrected chi connectivity index (χ3v) is 12.4. The Morgan fingerprint density at radius 3 is 2.45 bits per heavy atom. The number of carboxylic acid groups (broad SMARTS) is 1. The fourth-order valence-electron chi connectivity index (χ4n) is 11.0. The Labute approximate surface area is 231 Å². The van der Waals surface area contributed by atoms with Crippen molar-refractivity contribution in [3.8, 4) is 0 Å². The Hall–Kier alpha value is -2.88. The summed E-state index contributed by atoms with van der Waals surface area (Å²) in [5.74, 6) is 1.60. The molecule has 8 aliphatic rings. The van der Waals surface area contributed by atoms with E-state index in [2.05, 4.69) is 27.4 Å². The van der Waals surface area contributed by atoms with Crippen LogP contribution in [0, 0.1) is 28.6 Å². The zero-order chi connectivity index (χ0) is 26.4. The predicted molar refractivity (Wildman–Crippen MR) is 142 cm³/mol. The fraction of sp³-hybridized carbons (Fsp3) is 0.613. The quantitative estimate of drug-likeness (QED) is 0.591. The van der Waals surface area contributed by atoms with Gasteiger partial charge >= 0.3 is 5.97 Å². The number of anilines is 1. The first-order valence-electron chi connectivity index (χ1n) is 14.9. The first-order chi connectivity index (χ1) is 19.5. The van der Waals surface area contributed by atoms with Crippen molar-refractivity contribution in [1.82, 2.24) is 9.97 Å². The maximum absolute atomic E-state index is 12.3. The number of aliphatic carboxylic acids is 1. The second kappa shape index (κ2) is 7.30. The molecule has 5 aliphatic carbocycles. The molecular formula is C31H32N4O5. The van der Waals surface area contributed by atoms with Crippen LogP contribution in [-0.2, 0) is 31.8 Å². The van der Waals surface area contributed by atoms with Gasteiger partial charge in [0.25, 0.3) is 0 Å². The van der Waals surface area contributed by atoms with Crippen LogP contribution in [0.4, 0.5) is 11.5 Å². The van der Waals surface area contributed by atoms with Crippen LogP contribution in [0.3, 0.4) is 0 Å². The minimum Gasteiger partial charge on any atom is -0.479 e. The molecule has 2 N–H and O–H groups in total. The number of aromatic nitrogens is 2. The summed E-state index contributed by atoms with van der Waals surface area (Å²) >= 11 is 0. The molecule has 2 spiro atoms. The molecule has 9 heteroatoms. The summed E-state index contributed by atoms with van der Waals surface area (Å²) in [7, 11) is 0. The van der Waals surface area contributed by atoms with E-state index < -0.39 is 36.2 Å². The van der Waals surface area contributed by atoms with Crippen molar-refractivity contribution < 1.29 is 24.1 Å². The van der Waals surface area contributed by atoms with Crippen LogP contribution in [-0.4, -0.2) is 64.0 Å². The van der Waals surface area contributed by atoms with Gasteiger partial charge in [0, 0.05) is 31.5 Å². The molecule has 206 valence electrons. The zero-order valence-corrected chi connectivity index (χ0v) is 22.2. The Morgan fingerprint density at radius 1 is 1.00 bits per heavy atom. The number of nitrogens with zero attached hydrogens (tertiary/aromatic N) is 3. The van der Waals surface area contributed by atoms with Crippen LogP contribution in [0.5, 0.6) is 0 Å². The smallest absolute Gasteiger partial charge is 0.335 e. The van der Waals surface area contributed by atoms with Crippen molar-refractivity contribution in [3.05, 3.63) is 47.4 Å². The highest BCUT2D eigenvalue weighted by Crippen LogP contribution is 2.92. The summed E-state index contributed by atoms with van der Waals surface area (Å²) in [5.41, 5.74) is 5.02. The van der Waals surface area contributed by atoms with Gasteiger partial charge in [-0.15, -0.1) is 0 Å². The Kier molecular flexibility index (Phi) is 4.16.